The van der Waals surface area contributed by atoms with Gasteiger partial charge in [0.25, 0.3) is 5.91 Å². The van der Waals surface area contributed by atoms with Crippen LogP contribution >= 0.6 is 0 Å². The summed E-state index contributed by atoms with van der Waals surface area (Å²) in [6, 6.07) is 12.6. The molecule has 0 unspecified atom stereocenters. The predicted octanol–water partition coefficient (Wildman–Crippen LogP) is 1.90. The number of hydrogen-bond donors (Lipinski definition) is 2. The van der Waals surface area contributed by atoms with E-state index in [-0.39, 0.29) is 18.2 Å². The molecule has 0 aliphatic rings. The van der Waals surface area contributed by atoms with Gasteiger partial charge in [0.15, 0.2) is 11.5 Å². The average molecular weight is 324 g/mol. The maximum absolute atomic E-state index is 12.0. The number of phenolic OH excluding ortho intramolecular Hbond substituents is 1. The first-order chi connectivity index (χ1) is 11.7. The normalized spacial score (nSPS) is 11.0. The first kappa shape index (κ1) is 15.5. The first-order valence-corrected chi connectivity index (χ1v) is 7.27. The Morgan fingerprint density at radius 2 is 2.17 bits per heavy atom. The average Bonchev–Trinajstić information content (AvgIpc) is 2.99. The number of para-hydroxylation sites is 3. The number of amides is 1. The third-order valence-corrected chi connectivity index (χ3v) is 3.48. The van der Waals surface area contributed by atoms with E-state index < -0.39 is 0 Å². The van der Waals surface area contributed by atoms with Gasteiger partial charge in [-0.1, -0.05) is 18.2 Å². The van der Waals surface area contributed by atoms with Crippen LogP contribution in [0.2, 0.25) is 0 Å². The van der Waals surface area contributed by atoms with Crippen LogP contribution in [0.3, 0.4) is 0 Å². The number of aromatic nitrogens is 2. The minimum Gasteiger partial charge on any atom is -0.504 e. The third kappa shape index (κ3) is 3.19. The zero-order chi connectivity index (χ0) is 16.9. The number of ether oxygens (including phenoxy) is 1. The number of nitrogens with zero attached hydrogens (tertiary/aromatic N) is 3. The Bertz CT molecular complexity index is 902. The van der Waals surface area contributed by atoms with E-state index in [1.807, 2.05) is 24.3 Å². The van der Waals surface area contributed by atoms with E-state index >= 15 is 0 Å². The number of nitrogens with one attached hydrogen (secondary N) is 1. The molecular weight excluding hydrogens is 308 g/mol. The minimum atomic E-state index is -0.295. The van der Waals surface area contributed by atoms with Crippen LogP contribution in [0.25, 0.3) is 11.0 Å². The summed E-state index contributed by atoms with van der Waals surface area (Å²) in [7, 11) is 1.47. The summed E-state index contributed by atoms with van der Waals surface area (Å²) in [6.07, 6.45) is 2.98. The Labute approximate surface area is 138 Å². The molecule has 3 rings (SSSR count). The van der Waals surface area contributed by atoms with E-state index in [4.69, 9.17) is 4.74 Å². The van der Waals surface area contributed by atoms with Crippen molar-refractivity contribution in [2.45, 2.75) is 6.54 Å². The van der Waals surface area contributed by atoms with Crippen LogP contribution in [-0.2, 0) is 11.3 Å². The minimum absolute atomic E-state index is 0.0291. The summed E-state index contributed by atoms with van der Waals surface area (Å²) in [5, 5.41) is 13.8. The summed E-state index contributed by atoms with van der Waals surface area (Å²) in [4.78, 5) is 16.2. The van der Waals surface area contributed by atoms with Gasteiger partial charge in [-0.2, -0.15) is 5.10 Å². The number of hydrogen-bond acceptors (Lipinski definition) is 5. The van der Waals surface area contributed by atoms with Crippen molar-refractivity contribution < 1.29 is 14.6 Å². The van der Waals surface area contributed by atoms with Gasteiger partial charge in [-0.25, -0.2) is 10.4 Å². The summed E-state index contributed by atoms with van der Waals surface area (Å²) in [5.41, 5.74) is 4.58. The second-order valence-electron chi connectivity index (χ2n) is 5.05. The van der Waals surface area contributed by atoms with Crippen molar-refractivity contribution in [2.24, 2.45) is 5.10 Å². The van der Waals surface area contributed by atoms with E-state index in [0.29, 0.717) is 11.3 Å². The van der Waals surface area contributed by atoms with Crippen molar-refractivity contribution in [1.29, 1.82) is 0 Å². The lowest BCUT2D eigenvalue weighted by molar-refractivity contribution is -0.121. The van der Waals surface area contributed by atoms with Crippen LogP contribution in [0.5, 0.6) is 11.5 Å². The van der Waals surface area contributed by atoms with Crippen molar-refractivity contribution >= 4 is 23.2 Å². The highest BCUT2D eigenvalue weighted by molar-refractivity contribution is 5.86. The predicted molar refractivity (Wildman–Crippen MR) is 90.1 cm³/mol. The Kier molecular flexibility index (Phi) is 4.42. The zero-order valence-corrected chi connectivity index (χ0v) is 13.0. The standard InChI is InChI=1S/C17H16N4O3/c1-24-15-8-4-5-12(17(15)23)9-19-20-16(22)10-21-11-18-13-6-2-3-7-14(13)21/h2-9,11,23H,10H2,1H3,(H,20,22). The Morgan fingerprint density at radius 3 is 3.00 bits per heavy atom. The van der Waals surface area contributed by atoms with Gasteiger partial charge in [0.05, 0.1) is 30.7 Å². The van der Waals surface area contributed by atoms with Crippen LogP contribution in [0.15, 0.2) is 53.9 Å². The molecule has 0 aliphatic carbocycles. The van der Waals surface area contributed by atoms with Gasteiger partial charge in [0.2, 0.25) is 0 Å². The molecule has 7 heteroatoms. The lowest BCUT2D eigenvalue weighted by Gasteiger charge is -2.05. The van der Waals surface area contributed by atoms with Gasteiger partial charge in [0, 0.05) is 5.56 Å². The fourth-order valence-corrected chi connectivity index (χ4v) is 2.31. The second kappa shape index (κ2) is 6.82. The molecule has 2 aromatic carbocycles. The summed E-state index contributed by atoms with van der Waals surface area (Å²) in [5.74, 6) is 0.0190. The zero-order valence-electron chi connectivity index (χ0n) is 13.0. The Hall–Kier alpha value is -3.35. The Balaban J connectivity index is 1.65. The van der Waals surface area contributed by atoms with Crippen LogP contribution in [-0.4, -0.2) is 33.9 Å². The monoisotopic (exact) mass is 324 g/mol. The number of fused-ring (bicyclic) bond motifs is 1. The fourth-order valence-electron chi connectivity index (χ4n) is 2.31. The number of rotatable bonds is 5. The molecule has 1 heterocycles. The largest absolute Gasteiger partial charge is 0.504 e. The highest BCUT2D eigenvalue weighted by Crippen LogP contribution is 2.27. The van der Waals surface area contributed by atoms with Crippen molar-refractivity contribution in [2.75, 3.05) is 7.11 Å². The summed E-state index contributed by atoms with van der Waals surface area (Å²) >= 11 is 0. The molecule has 1 amide bonds. The molecule has 0 aliphatic heterocycles. The molecule has 0 spiro atoms. The number of carbonyl (C=O) groups excluding carboxylic acids is 1. The highest BCUT2D eigenvalue weighted by atomic mass is 16.5. The number of methoxy groups -OCH3 is 1. The lowest BCUT2D eigenvalue weighted by atomic mass is 10.2. The number of aromatic hydroxyl groups is 1. The lowest BCUT2D eigenvalue weighted by Crippen LogP contribution is -2.22. The number of imidazole rings is 1. The number of phenols is 1. The number of benzene rings is 2. The molecular formula is C17H16N4O3. The molecule has 0 saturated heterocycles. The topological polar surface area (TPSA) is 88.7 Å². The number of carbonyl (C=O) groups is 1. The molecule has 7 nitrogen and oxygen atoms in total. The number of hydrazone groups is 1. The fraction of sp³-hybridized carbons (Fsp3) is 0.118. The molecule has 2 N–H and O–H groups in total. The van der Waals surface area contributed by atoms with E-state index in [2.05, 4.69) is 15.5 Å². The van der Waals surface area contributed by atoms with E-state index in [9.17, 15) is 9.90 Å². The second-order valence-corrected chi connectivity index (χ2v) is 5.05. The van der Waals surface area contributed by atoms with Crippen LogP contribution in [0, 0.1) is 0 Å². The quantitative estimate of drug-likeness (QED) is 0.554. The molecule has 0 bridgehead atoms. The van der Waals surface area contributed by atoms with Gasteiger partial charge in [-0.05, 0) is 24.3 Å². The van der Waals surface area contributed by atoms with Crippen LogP contribution in [0.1, 0.15) is 5.56 Å². The van der Waals surface area contributed by atoms with Gasteiger partial charge in [-0.15, -0.1) is 0 Å². The highest BCUT2D eigenvalue weighted by Gasteiger charge is 2.07. The first-order valence-electron chi connectivity index (χ1n) is 7.27. The molecule has 0 saturated carbocycles. The van der Waals surface area contributed by atoms with Crippen molar-refractivity contribution in [1.82, 2.24) is 15.0 Å². The Morgan fingerprint density at radius 1 is 1.33 bits per heavy atom. The summed E-state index contributed by atoms with van der Waals surface area (Å²) < 4.78 is 6.75. The van der Waals surface area contributed by atoms with Crippen LogP contribution < -0.4 is 10.2 Å². The maximum Gasteiger partial charge on any atom is 0.260 e. The molecule has 0 fully saturated rings. The molecule has 1 aromatic heterocycles. The van der Waals surface area contributed by atoms with Gasteiger partial charge >= 0.3 is 0 Å². The van der Waals surface area contributed by atoms with Gasteiger partial charge < -0.3 is 14.4 Å². The van der Waals surface area contributed by atoms with Gasteiger partial charge in [-0.3, -0.25) is 4.79 Å². The SMILES string of the molecule is COc1cccc(C=NNC(=O)Cn2cnc3ccccc32)c1O. The van der Waals surface area contributed by atoms with Crippen molar-refractivity contribution in [3.05, 3.63) is 54.4 Å². The summed E-state index contributed by atoms with van der Waals surface area (Å²) in [6.45, 7) is 0.0992. The molecule has 0 atom stereocenters. The maximum atomic E-state index is 12.0. The molecule has 122 valence electrons. The smallest absolute Gasteiger partial charge is 0.260 e. The van der Waals surface area contributed by atoms with Crippen molar-refractivity contribution in [3.63, 3.8) is 0 Å². The van der Waals surface area contributed by atoms with Crippen LogP contribution in [0.4, 0.5) is 0 Å². The molecule has 0 radical (unpaired) electrons. The van der Waals surface area contributed by atoms with E-state index in [0.717, 1.165) is 11.0 Å². The van der Waals surface area contributed by atoms with Gasteiger partial charge in [0.1, 0.15) is 6.54 Å². The third-order valence-electron chi connectivity index (χ3n) is 3.48. The van der Waals surface area contributed by atoms with E-state index in [1.54, 1.807) is 29.1 Å². The van der Waals surface area contributed by atoms with Crippen molar-refractivity contribution in [3.8, 4) is 11.5 Å². The molecule has 24 heavy (non-hydrogen) atoms. The molecule has 3 aromatic rings. The van der Waals surface area contributed by atoms with E-state index in [1.165, 1.54) is 13.3 Å².